The normalized spacial score (nSPS) is 21.0. The van der Waals surface area contributed by atoms with Crippen LogP contribution < -0.4 is 11.1 Å². The number of fused-ring (bicyclic) bond motifs is 1. The van der Waals surface area contributed by atoms with Crippen molar-refractivity contribution in [2.75, 3.05) is 6.54 Å². The lowest BCUT2D eigenvalue weighted by Crippen LogP contribution is -2.29. The van der Waals surface area contributed by atoms with E-state index in [9.17, 15) is 0 Å². The fourth-order valence-corrected chi connectivity index (χ4v) is 2.72. The third-order valence-electron chi connectivity index (χ3n) is 3.97. The summed E-state index contributed by atoms with van der Waals surface area (Å²) in [5.41, 5.74) is 10.7. The first-order valence-electron chi connectivity index (χ1n) is 7.48. The second kappa shape index (κ2) is 5.64. The van der Waals surface area contributed by atoms with Crippen molar-refractivity contribution in [1.82, 2.24) is 5.32 Å². The van der Waals surface area contributed by atoms with Gasteiger partial charge < -0.3 is 11.1 Å². The Labute approximate surface area is 117 Å². The minimum Gasteiger partial charge on any atom is -0.324 e. The average molecular weight is 260 g/mol. The van der Waals surface area contributed by atoms with Gasteiger partial charge in [-0.2, -0.15) is 0 Å². The minimum atomic E-state index is 0.246. The molecule has 106 valence electrons. The third-order valence-corrected chi connectivity index (χ3v) is 3.97. The molecule has 0 spiro atoms. The lowest BCUT2D eigenvalue weighted by Gasteiger charge is -2.26. The Balaban J connectivity index is 2.09. The van der Waals surface area contributed by atoms with Crippen molar-refractivity contribution in [1.29, 1.82) is 0 Å². The maximum Gasteiger partial charge on any atom is 0.0297 e. The molecule has 0 fully saturated rings. The summed E-state index contributed by atoms with van der Waals surface area (Å²) in [5, 5.41) is 3.63. The van der Waals surface area contributed by atoms with Crippen LogP contribution in [0.1, 0.15) is 69.3 Å². The van der Waals surface area contributed by atoms with Crippen molar-refractivity contribution >= 4 is 0 Å². The molecule has 2 atom stereocenters. The average Bonchev–Trinajstić information content (AvgIpc) is 2.35. The maximum absolute atomic E-state index is 6.17. The zero-order valence-electron chi connectivity index (χ0n) is 12.8. The van der Waals surface area contributed by atoms with Crippen LogP contribution >= 0.6 is 0 Å². The van der Waals surface area contributed by atoms with Gasteiger partial charge in [0.1, 0.15) is 0 Å². The summed E-state index contributed by atoms with van der Waals surface area (Å²) in [6.07, 6.45) is 3.54. The molecular formula is C17H28N2. The lowest BCUT2D eigenvalue weighted by molar-refractivity contribution is 0.359. The van der Waals surface area contributed by atoms with Gasteiger partial charge in [-0.3, -0.25) is 0 Å². The van der Waals surface area contributed by atoms with E-state index in [1.54, 1.807) is 0 Å². The highest BCUT2D eigenvalue weighted by Gasteiger charge is 2.18. The van der Waals surface area contributed by atoms with Crippen molar-refractivity contribution in [2.45, 2.75) is 59.0 Å². The van der Waals surface area contributed by atoms with E-state index in [0.29, 0.717) is 11.5 Å². The van der Waals surface area contributed by atoms with Gasteiger partial charge in [0, 0.05) is 18.6 Å². The van der Waals surface area contributed by atoms with E-state index in [0.717, 1.165) is 13.0 Å². The monoisotopic (exact) mass is 260 g/mol. The van der Waals surface area contributed by atoms with Crippen molar-refractivity contribution in [2.24, 2.45) is 11.1 Å². The summed E-state index contributed by atoms with van der Waals surface area (Å²) >= 11 is 0. The summed E-state index contributed by atoms with van der Waals surface area (Å²) < 4.78 is 0. The second-order valence-corrected chi connectivity index (χ2v) is 7.12. The SMILES string of the molecule is CC(NCC(C)(C)C)c1ccc2c(c1)CCCC2N. The topological polar surface area (TPSA) is 38.0 Å². The van der Waals surface area contributed by atoms with Crippen LogP contribution in [0.3, 0.4) is 0 Å². The van der Waals surface area contributed by atoms with Gasteiger partial charge in [0.05, 0.1) is 0 Å². The Morgan fingerprint density at radius 2 is 2.11 bits per heavy atom. The highest BCUT2D eigenvalue weighted by atomic mass is 14.9. The number of nitrogens with one attached hydrogen (secondary N) is 1. The number of hydrogen-bond acceptors (Lipinski definition) is 2. The Bertz CT molecular complexity index is 431. The largest absolute Gasteiger partial charge is 0.324 e. The van der Waals surface area contributed by atoms with Gasteiger partial charge in [0.25, 0.3) is 0 Å². The number of hydrogen-bond donors (Lipinski definition) is 2. The molecule has 2 nitrogen and oxygen atoms in total. The zero-order chi connectivity index (χ0) is 14.0. The standard InChI is InChI=1S/C17H28N2/c1-12(19-11-17(2,3)4)13-8-9-15-14(10-13)6-5-7-16(15)18/h8-10,12,16,19H,5-7,11,18H2,1-4H3. The van der Waals surface area contributed by atoms with Crippen LogP contribution in [0.25, 0.3) is 0 Å². The van der Waals surface area contributed by atoms with Gasteiger partial charge in [0.2, 0.25) is 0 Å². The smallest absolute Gasteiger partial charge is 0.0297 e. The zero-order valence-corrected chi connectivity index (χ0v) is 12.8. The maximum atomic E-state index is 6.17. The number of rotatable bonds is 3. The van der Waals surface area contributed by atoms with E-state index in [4.69, 9.17) is 5.73 Å². The molecule has 0 radical (unpaired) electrons. The lowest BCUT2D eigenvalue weighted by atomic mass is 9.86. The second-order valence-electron chi connectivity index (χ2n) is 7.12. The summed E-state index contributed by atoms with van der Waals surface area (Å²) in [7, 11) is 0. The first kappa shape index (κ1) is 14.5. The summed E-state index contributed by atoms with van der Waals surface area (Å²) in [6, 6.07) is 7.49. The molecule has 1 aliphatic rings. The first-order valence-corrected chi connectivity index (χ1v) is 7.48. The van der Waals surface area contributed by atoms with E-state index in [1.807, 2.05) is 0 Å². The van der Waals surface area contributed by atoms with Gasteiger partial charge in [-0.05, 0) is 48.3 Å². The highest BCUT2D eigenvalue weighted by Crippen LogP contribution is 2.30. The molecule has 1 aliphatic carbocycles. The molecule has 2 unspecified atom stereocenters. The van der Waals surface area contributed by atoms with E-state index in [1.165, 1.54) is 29.5 Å². The first-order chi connectivity index (χ1) is 8.87. The molecule has 0 aliphatic heterocycles. The summed E-state index contributed by atoms with van der Waals surface area (Å²) in [5.74, 6) is 0. The van der Waals surface area contributed by atoms with E-state index in [-0.39, 0.29) is 6.04 Å². The van der Waals surface area contributed by atoms with Gasteiger partial charge in [-0.15, -0.1) is 0 Å². The molecule has 0 saturated heterocycles. The molecular weight excluding hydrogens is 232 g/mol. The summed E-state index contributed by atoms with van der Waals surface area (Å²) in [6.45, 7) is 10.1. The molecule has 2 heteroatoms. The molecule has 1 aromatic rings. The quantitative estimate of drug-likeness (QED) is 0.869. The molecule has 1 aromatic carbocycles. The van der Waals surface area contributed by atoms with Crippen molar-refractivity contribution < 1.29 is 0 Å². The van der Waals surface area contributed by atoms with E-state index in [2.05, 4.69) is 51.2 Å². The Morgan fingerprint density at radius 3 is 2.79 bits per heavy atom. The Hall–Kier alpha value is -0.860. The van der Waals surface area contributed by atoms with Crippen LogP contribution in [0.5, 0.6) is 0 Å². The fraction of sp³-hybridized carbons (Fsp3) is 0.647. The van der Waals surface area contributed by atoms with E-state index >= 15 is 0 Å². The predicted molar refractivity (Wildman–Crippen MR) is 82.2 cm³/mol. The molecule has 2 rings (SSSR count). The van der Waals surface area contributed by atoms with Crippen LogP contribution in [0.4, 0.5) is 0 Å². The summed E-state index contributed by atoms with van der Waals surface area (Å²) in [4.78, 5) is 0. The number of nitrogens with two attached hydrogens (primary N) is 1. The van der Waals surface area contributed by atoms with Crippen LogP contribution in [0.15, 0.2) is 18.2 Å². The van der Waals surface area contributed by atoms with Crippen molar-refractivity contribution in [3.63, 3.8) is 0 Å². The van der Waals surface area contributed by atoms with Gasteiger partial charge in [-0.1, -0.05) is 39.0 Å². The van der Waals surface area contributed by atoms with Crippen LogP contribution in [-0.4, -0.2) is 6.54 Å². The molecule has 0 amide bonds. The van der Waals surface area contributed by atoms with Crippen molar-refractivity contribution in [3.05, 3.63) is 34.9 Å². The van der Waals surface area contributed by atoms with E-state index < -0.39 is 0 Å². The molecule has 0 aromatic heterocycles. The minimum absolute atomic E-state index is 0.246. The number of benzene rings is 1. The Morgan fingerprint density at radius 1 is 1.37 bits per heavy atom. The molecule has 0 bridgehead atoms. The molecule has 0 heterocycles. The highest BCUT2D eigenvalue weighted by molar-refractivity contribution is 5.37. The number of aryl methyl sites for hydroxylation is 1. The fourth-order valence-electron chi connectivity index (χ4n) is 2.72. The molecule has 0 saturated carbocycles. The van der Waals surface area contributed by atoms with Crippen LogP contribution in [0, 0.1) is 5.41 Å². The third kappa shape index (κ3) is 3.80. The molecule has 19 heavy (non-hydrogen) atoms. The van der Waals surface area contributed by atoms with Gasteiger partial charge in [-0.25, -0.2) is 0 Å². The van der Waals surface area contributed by atoms with Crippen molar-refractivity contribution in [3.8, 4) is 0 Å². The molecule has 3 N–H and O–H groups in total. The Kier molecular flexibility index (Phi) is 4.32. The van der Waals surface area contributed by atoms with Crippen LogP contribution in [-0.2, 0) is 6.42 Å². The van der Waals surface area contributed by atoms with Gasteiger partial charge in [0.15, 0.2) is 0 Å². The van der Waals surface area contributed by atoms with Crippen LogP contribution in [0.2, 0.25) is 0 Å². The predicted octanol–water partition coefficient (Wildman–Crippen LogP) is 3.72. The van der Waals surface area contributed by atoms with Gasteiger partial charge >= 0.3 is 0 Å².